The standard InChI is InChI=1S/C14H13/c1-2-6-12-10-14-8-4-3-7-13(14)9-11(12)5-1/h1,4-6,9-10,13H,2-3,7H2. The molecule has 0 aromatic heterocycles. The van der Waals surface area contributed by atoms with Crippen molar-refractivity contribution in [3.05, 3.63) is 59.3 Å². The average molecular weight is 181 g/mol. The number of allylic oxidation sites excluding steroid dienone is 10. The topological polar surface area (TPSA) is 0 Å². The van der Waals surface area contributed by atoms with Gasteiger partial charge < -0.3 is 0 Å². The number of hydrogen-bond acceptors (Lipinski definition) is 0. The van der Waals surface area contributed by atoms with E-state index in [1.54, 1.807) is 0 Å². The van der Waals surface area contributed by atoms with Crippen molar-refractivity contribution in [1.82, 2.24) is 0 Å². The van der Waals surface area contributed by atoms with Crippen LogP contribution in [0.5, 0.6) is 0 Å². The van der Waals surface area contributed by atoms with Crippen LogP contribution in [0.4, 0.5) is 0 Å². The summed E-state index contributed by atoms with van der Waals surface area (Å²) >= 11 is 0. The van der Waals surface area contributed by atoms with Gasteiger partial charge in [0.2, 0.25) is 0 Å². The molecule has 3 rings (SSSR count). The molecule has 1 atom stereocenters. The highest BCUT2D eigenvalue weighted by Crippen LogP contribution is 2.35. The van der Waals surface area contributed by atoms with Gasteiger partial charge in [0.15, 0.2) is 0 Å². The van der Waals surface area contributed by atoms with E-state index in [-0.39, 0.29) is 0 Å². The molecule has 0 aromatic carbocycles. The molecule has 14 heavy (non-hydrogen) atoms. The van der Waals surface area contributed by atoms with E-state index in [1.165, 1.54) is 29.6 Å². The molecule has 0 aliphatic heterocycles. The molecular weight excluding hydrogens is 168 g/mol. The predicted octanol–water partition coefficient (Wildman–Crippen LogP) is 3.51. The average Bonchev–Trinajstić information content (AvgIpc) is 2.26. The minimum Gasteiger partial charge on any atom is -0.0801 e. The summed E-state index contributed by atoms with van der Waals surface area (Å²) in [5.74, 6) is 0.620. The highest BCUT2D eigenvalue weighted by atomic mass is 14.2. The maximum atomic E-state index is 3.38. The van der Waals surface area contributed by atoms with E-state index in [0.717, 1.165) is 6.42 Å². The van der Waals surface area contributed by atoms with Crippen molar-refractivity contribution in [2.75, 3.05) is 0 Å². The van der Waals surface area contributed by atoms with Gasteiger partial charge in [0, 0.05) is 5.92 Å². The smallest absolute Gasteiger partial charge is 0.00363 e. The Morgan fingerprint density at radius 3 is 3.29 bits per heavy atom. The molecule has 1 unspecified atom stereocenters. The fraction of sp³-hybridized carbons (Fsp3) is 0.286. The number of hydrogen-bond donors (Lipinski definition) is 0. The van der Waals surface area contributed by atoms with E-state index in [9.17, 15) is 0 Å². The van der Waals surface area contributed by atoms with Crippen LogP contribution in [-0.4, -0.2) is 0 Å². The second-order valence-corrected chi connectivity index (χ2v) is 4.05. The van der Waals surface area contributed by atoms with Gasteiger partial charge in [0.25, 0.3) is 0 Å². The first-order valence-electron chi connectivity index (χ1n) is 5.32. The molecule has 0 heteroatoms. The van der Waals surface area contributed by atoms with E-state index in [4.69, 9.17) is 0 Å². The minimum atomic E-state index is 0.620. The summed E-state index contributed by atoms with van der Waals surface area (Å²) in [4.78, 5) is 0. The van der Waals surface area contributed by atoms with Gasteiger partial charge in [-0.05, 0) is 42.1 Å². The fourth-order valence-corrected chi connectivity index (χ4v) is 2.32. The quantitative estimate of drug-likeness (QED) is 0.536. The van der Waals surface area contributed by atoms with Crippen LogP contribution in [0.15, 0.2) is 53.2 Å². The van der Waals surface area contributed by atoms with Crippen LogP contribution in [0, 0.1) is 12.0 Å². The molecule has 69 valence electrons. The molecule has 0 N–H and O–H groups in total. The summed E-state index contributed by atoms with van der Waals surface area (Å²) < 4.78 is 0. The third kappa shape index (κ3) is 1.22. The summed E-state index contributed by atoms with van der Waals surface area (Å²) in [5.41, 5.74) is 4.18. The number of rotatable bonds is 0. The molecule has 0 spiro atoms. The van der Waals surface area contributed by atoms with Crippen LogP contribution in [0.2, 0.25) is 0 Å². The van der Waals surface area contributed by atoms with Crippen molar-refractivity contribution in [3.8, 4) is 0 Å². The van der Waals surface area contributed by atoms with Gasteiger partial charge in [-0.2, -0.15) is 0 Å². The van der Waals surface area contributed by atoms with Crippen molar-refractivity contribution in [3.63, 3.8) is 0 Å². The molecule has 0 aromatic rings. The molecule has 0 amide bonds. The zero-order chi connectivity index (χ0) is 9.38. The highest BCUT2D eigenvalue weighted by Gasteiger charge is 2.19. The SMILES string of the molecule is [C]1=CCCC2C=C3C=CCC=C3C=C12. The van der Waals surface area contributed by atoms with Crippen molar-refractivity contribution in [1.29, 1.82) is 0 Å². The summed E-state index contributed by atoms with van der Waals surface area (Å²) in [6, 6.07) is 0. The van der Waals surface area contributed by atoms with Crippen LogP contribution in [0.3, 0.4) is 0 Å². The van der Waals surface area contributed by atoms with Gasteiger partial charge >= 0.3 is 0 Å². The summed E-state index contributed by atoms with van der Waals surface area (Å²) in [6.45, 7) is 0. The van der Waals surface area contributed by atoms with E-state index < -0.39 is 0 Å². The van der Waals surface area contributed by atoms with Crippen molar-refractivity contribution < 1.29 is 0 Å². The molecule has 0 saturated carbocycles. The first kappa shape index (κ1) is 8.05. The lowest BCUT2D eigenvalue weighted by molar-refractivity contribution is 0.663. The normalized spacial score (nSPS) is 28.6. The first-order chi connectivity index (χ1) is 6.93. The molecule has 3 aliphatic carbocycles. The maximum Gasteiger partial charge on any atom is 0.00363 e. The fourth-order valence-electron chi connectivity index (χ4n) is 2.32. The zero-order valence-electron chi connectivity index (χ0n) is 8.16. The molecule has 0 saturated heterocycles. The van der Waals surface area contributed by atoms with Crippen molar-refractivity contribution in [2.45, 2.75) is 19.3 Å². The Kier molecular flexibility index (Phi) is 1.80. The Labute approximate surface area is 85.0 Å². The van der Waals surface area contributed by atoms with Crippen LogP contribution in [-0.2, 0) is 0 Å². The van der Waals surface area contributed by atoms with E-state index >= 15 is 0 Å². The third-order valence-corrected chi connectivity index (χ3v) is 3.09. The van der Waals surface area contributed by atoms with E-state index in [2.05, 4.69) is 42.5 Å². The van der Waals surface area contributed by atoms with Crippen LogP contribution in [0.25, 0.3) is 0 Å². The zero-order valence-corrected chi connectivity index (χ0v) is 8.16. The highest BCUT2D eigenvalue weighted by molar-refractivity contribution is 5.55. The molecule has 1 radical (unpaired) electrons. The van der Waals surface area contributed by atoms with Crippen LogP contribution in [0.1, 0.15) is 19.3 Å². The van der Waals surface area contributed by atoms with Crippen LogP contribution < -0.4 is 0 Å². The summed E-state index contributed by atoms with van der Waals surface area (Å²) in [6.07, 6.45) is 20.5. The molecule has 0 fully saturated rings. The second kappa shape index (κ2) is 3.13. The van der Waals surface area contributed by atoms with Gasteiger partial charge in [-0.1, -0.05) is 36.5 Å². The summed E-state index contributed by atoms with van der Waals surface area (Å²) in [7, 11) is 0. The summed E-state index contributed by atoms with van der Waals surface area (Å²) in [5, 5.41) is 0. The Morgan fingerprint density at radius 1 is 1.29 bits per heavy atom. The molecule has 0 heterocycles. The van der Waals surface area contributed by atoms with Gasteiger partial charge in [0.05, 0.1) is 0 Å². The van der Waals surface area contributed by atoms with E-state index in [1.807, 2.05) is 0 Å². The predicted molar refractivity (Wildman–Crippen MR) is 58.5 cm³/mol. The minimum absolute atomic E-state index is 0.620. The Morgan fingerprint density at radius 2 is 2.29 bits per heavy atom. The van der Waals surface area contributed by atoms with Gasteiger partial charge in [-0.3, -0.25) is 0 Å². The Balaban J connectivity index is 2.05. The Bertz CT molecular complexity index is 400. The monoisotopic (exact) mass is 181 g/mol. The van der Waals surface area contributed by atoms with Crippen molar-refractivity contribution in [2.24, 2.45) is 5.92 Å². The molecule has 0 bridgehead atoms. The van der Waals surface area contributed by atoms with Crippen molar-refractivity contribution >= 4 is 0 Å². The first-order valence-corrected chi connectivity index (χ1v) is 5.32. The van der Waals surface area contributed by atoms with E-state index in [0.29, 0.717) is 5.92 Å². The lowest BCUT2D eigenvalue weighted by Gasteiger charge is -2.25. The lowest BCUT2D eigenvalue weighted by atomic mass is 9.80. The maximum absolute atomic E-state index is 3.38. The molecule has 0 nitrogen and oxygen atoms in total. The lowest BCUT2D eigenvalue weighted by Crippen LogP contribution is -2.10. The van der Waals surface area contributed by atoms with Gasteiger partial charge in [0.1, 0.15) is 0 Å². The molecular formula is C14H13. The van der Waals surface area contributed by atoms with Gasteiger partial charge in [-0.15, -0.1) is 0 Å². The van der Waals surface area contributed by atoms with Crippen LogP contribution >= 0.6 is 0 Å². The van der Waals surface area contributed by atoms with Gasteiger partial charge in [-0.25, -0.2) is 0 Å². The Hall–Kier alpha value is -1.30. The third-order valence-electron chi connectivity index (χ3n) is 3.09. The number of fused-ring (bicyclic) bond motifs is 2. The molecule has 3 aliphatic rings. The largest absolute Gasteiger partial charge is 0.0801 e. The second-order valence-electron chi connectivity index (χ2n) is 4.05.